The van der Waals surface area contributed by atoms with Gasteiger partial charge in [-0.3, -0.25) is 9.59 Å². The van der Waals surface area contributed by atoms with Crippen LogP contribution in [0.2, 0.25) is 5.02 Å². The van der Waals surface area contributed by atoms with Crippen molar-refractivity contribution in [1.29, 1.82) is 0 Å². The lowest BCUT2D eigenvalue weighted by molar-refractivity contribution is -0.123. The van der Waals surface area contributed by atoms with Gasteiger partial charge in [-0.25, -0.2) is 0 Å². The van der Waals surface area contributed by atoms with Crippen molar-refractivity contribution in [1.82, 2.24) is 0 Å². The molecule has 0 saturated heterocycles. The van der Waals surface area contributed by atoms with Crippen molar-refractivity contribution in [2.75, 3.05) is 16.8 Å². The normalized spacial score (nSPS) is 15.1. The van der Waals surface area contributed by atoms with Crippen LogP contribution in [-0.2, 0) is 9.59 Å². The monoisotopic (exact) mass is 438 g/mol. The quantitative estimate of drug-likeness (QED) is 0.604. The standard InChI is InChI=1S/C23H19ClN2O3S/c1-15(27)26-14-21(29-20-10-6-5-9-19(20)26)23(28)25-18-13-16(24)11-12-22(18)30-17-7-3-2-4-8-17/h2-13,21H,14H2,1H3,(H,25,28)/t21-/m0/s1. The molecule has 0 aliphatic carbocycles. The van der Waals surface area contributed by atoms with Crippen molar-refractivity contribution in [3.63, 3.8) is 0 Å². The van der Waals surface area contributed by atoms with Crippen molar-refractivity contribution in [2.24, 2.45) is 0 Å². The summed E-state index contributed by atoms with van der Waals surface area (Å²) in [5, 5.41) is 3.44. The molecule has 30 heavy (non-hydrogen) atoms. The van der Waals surface area contributed by atoms with Crippen LogP contribution in [0.15, 0.2) is 82.6 Å². The smallest absolute Gasteiger partial charge is 0.267 e. The van der Waals surface area contributed by atoms with Gasteiger partial charge in [0, 0.05) is 21.7 Å². The van der Waals surface area contributed by atoms with Gasteiger partial charge in [0.2, 0.25) is 5.91 Å². The van der Waals surface area contributed by atoms with Crippen LogP contribution >= 0.6 is 23.4 Å². The van der Waals surface area contributed by atoms with Gasteiger partial charge in [0.05, 0.1) is 17.9 Å². The van der Waals surface area contributed by atoms with Gasteiger partial charge in [-0.1, -0.05) is 53.7 Å². The highest BCUT2D eigenvalue weighted by Gasteiger charge is 2.32. The van der Waals surface area contributed by atoms with Crippen LogP contribution in [0.5, 0.6) is 5.75 Å². The Hall–Kier alpha value is -2.96. The molecule has 1 aliphatic heterocycles. The van der Waals surface area contributed by atoms with Crippen molar-refractivity contribution in [2.45, 2.75) is 22.8 Å². The Morgan fingerprint density at radius 2 is 1.80 bits per heavy atom. The lowest BCUT2D eigenvalue weighted by Crippen LogP contribution is -2.48. The summed E-state index contributed by atoms with van der Waals surface area (Å²) in [6.45, 7) is 1.61. The summed E-state index contributed by atoms with van der Waals surface area (Å²) in [5.41, 5.74) is 1.26. The first-order valence-corrected chi connectivity index (χ1v) is 10.6. The third-order valence-electron chi connectivity index (χ3n) is 4.62. The highest BCUT2D eigenvalue weighted by Crippen LogP contribution is 2.36. The highest BCUT2D eigenvalue weighted by atomic mass is 35.5. The van der Waals surface area contributed by atoms with Gasteiger partial charge in [0.25, 0.3) is 5.91 Å². The molecule has 0 aromatic heterocycles. The molecule has 0 fully saturated rings. The predicted octanol–water partition coefficient (Wildman–Crippen LogP) is 5.24. The number of nitrogens with zero attached hydrogens (tertiary/aromatic N) is 1. The Bertz CT molecular complexity index is 1090. The number of hydrogen-bond acceptors (Lipinski definition) is 4. The fourth-order valence-corrected chi connectivity index (χ4v) is 4.26. The van der Waals surface area contributed by atoms with Gasteiger partial charge in [0.15, 0.2) is 6.10 Å². The average molecular weight is 439 g/mol. The summed E-state index contributed by atoms with van der Waals surface area (Å²) < 4.78 is 5.89. The number of rotatable bonds is 4. The molecule has 152 valence electrons. The minimum Gasteiger partial charge on any atom is -0.476 e. The second kappa shape index (κ2) is 8.81. The number of amides is 2. The number of nitrogens with one attached hydrogen (secondary N) is 1. The fraction of sp³-hybridized carbons (Fsp3) is 0.130. The first-order valence-electron chi connectivity index (χ1n) is 9.38. The average Bonchev–Trinajstić information content (AvgIpc) is 2.75. The molecule has 0 bridgehead atoms. The first-order chi connectivity index (χ1) is 14.5. The summed E-state index contributed by atoms with van der Waals surface area (Å²) in [5.74, 6) is 0.0173. The minimum atomic E-state index is -0.836. The van der Waals surface area contributed by atoms with E-state index in [1.54, 1.807) is 29.2 Å². The molecule has 1 N–H and O–H groups in total. The van der Waals surface area contributed by atoms with Gasteiger partial charge < -0.3 is 15.0 Å². The molecule has 4 rings (SSSR count). The molecule has 0 radical (unpaired) electrons. The molecule has 1 heterocycles. The fourth-order valence-electron chi connectivity index (χ4n) is 3.19. The molecule has 2 amide bonds. The van der Waals surface area contributed by atoms with E-state index in [9.17, 15) is 9.59 Å². The first kappa shape index (κ1) is 20.3. The molecular weight excluding hydrogens is 420 g/mol. The number of benzene rings is 3. The van der Waals surface area contributed by atoms with Crippen molar-refractivity contribution < 1.29 is 14.3 Å². The van der Waals surface area contributed by atoms with Gasteiger partial charge >= 0.3 is 0 Å². The number of carbonyl (C=O) groups excluding carboxylic acids is 2. The molecule has 1 aliphatic rings. The van der Waals surface area contributed by atoms with Crippen LogP contribution in [0.4, 0.5) is 11.4 Å². The Morgan fingerprint density at radius 1 is 1.07 bits per heavy atom. The summed E-state index contributed by atoms with van der Waals surface area (Å²) >= 11 is 7.70. The number of hydrogen-bond donors (Lipinski definition) is 1. The molecule has 0 saturated carbocycles. The van der Waals surface area contributed by atoms with Crippen molar-refractivity contribution in [3.05, 3.63) is 77.8 Å². The SMILES string of the molecule is CC(=O)N1C[C@@H](C(=O)Nc2cc(Cl)ccc2Sc2ccccc2)Oc2ccccc21. The van der Waals surface area contributed by atoms with Crippen LogP contribution in [-0.4, -0.2) is 24.5 Å². The highest BCUT2D eigenvalue weighted by molar-refractivity contribution is 7.99. The molecule has 3 aromatic carbocycles. The van der Waals surface area contributed by atoms with E-state index in [1.165, 1.54) is 18.7 Å². The van der Waals surface area contributed by atoms with Crippen LogP contribution in [0.25, 0.3) is 0 Å². The number of carbonyl (C=O) groups is 2. The molecule has 3 aromatic rings. The number of halogens is 1. The van der Waals surface area contributed by atoms with E-state index in [0.29, 0.717) is 22.1 Å². The zero-order valence-electron chi connectivity index (χ0n) is 16.2. The molecule has 1 atom stereocenters. The maximum atomic E-state index is 13.0. The summed E-state index contributed by atoms with van der Waals surface area (Å²) in [6, 6.07) is 22.4. The van der Waals surface area contributed by atoms with E-state index in [1.807, 2.05) is 48.5 Å². The topological polar surface area (TPSA) is 58.6 Å². The van der Waals surface area contributed by atoms with E-state index < -0.39 is 6.10 Å². The van der Waals surface area contributed by atoms with Crippen LogP contribution < -0.4 is 15.0 Å². The largest absolute Gasteiger partial charge is 0.476 e. The van der Waals surface area contributed by atoms with Crippen LogP contribution in [0.1, 0.15) is 6.92 Å². The predicted molar refractivity (Wildman–Crippen MR) is 120 cm³/mol. The second-order valence-corrected chi connectivity index (χ2v) is 8.30. The zero-order chi connectivity index (χ0) is 21.1. The number of ether oxygens (including phenoxy) is 1. The molecular formula is C23H19ClN2O3S. The third-order valence-corrected chi connectivity index (χ3v) is 5.94. The molecule has 5 nitrogen and oxygen atoms in total. The lowest BCUT2D eigenvalue weighted by atomic mass is 10.1. The zero-order valence-corrected chi connectivity index (χ0v) is 17.7. The summed E-state index contributed by atoms with van der Waals surface area (Å²) in [6.07, 6.45) is -0.836. The summed E-state index contributed by atoms with van der Waals surface area (Å²) in [4.78, 5) is 28.6. The van der Waals surface area contributed by atoms with Gasteiger partial charge in [-0.15, -0.1) is 0 Å². The number of fused-ring (bicyclic) bond motifs is 1. The van der Waals surface area contributed by atoms with Crippen molar-refractivity contribution in [3.8, 4) is 5.75 Å². The van der Waals surface area contributed by atoms with Crippen molar-refractivity contribution >= 4 is 46.6 Å². The Morgan fingerprint density at radius 3 is 2.57 bits per heavy atom. The van der Waals surface area contributed by atoms with E-state index in [0.717, 1.165) is 9.79 Å². The Balaban J connectivity index is 1.57. The third kappa shape index (κ3) is 4.45. The number of para-hydroxylation sites is 2. The molecule has 0 unspecified atom stereocenters. The molecule has 0 spiro atoms. The van der Waals surface area contributed by atoms with Gasteiger partial charge in [0.1, 0.15) is 5.75 Å². The Kier molecular flexibility index (Phi) is 5.97. The maximum absolute atomic E-state index is 13.0. The Labute approximate surface area is 184 Å². The van der Waals surface area contributed by atoms with E-state index in [-0.39, 0.29) is 18.4 Å². The van der Waals surface area contributed by atoms with Gasteiger partial charge in [-0.05, 0) is 42.5 Å². The lowest BCUT2D eigenvalue weighted by Gasteiger charge is -2.33. The second-order valence-electron chi connectivity index (χ2n) is 6.75. The van der Waals surface area contributed by atoms with Gasteiger partial charge in [-0.2, -0.15) is 0 Å². The van der Waals surface area contributed by atoms with E-state index >= 15 is 0 Å². The van der Waals surface area contributed by atoms with Crippen LogP contribution in [0.3, 0.4) is 0 Å². The summed E-state index contributed by atoms with van der Waals surface area (Å²) in [7, 11) is 0. The van der Waals surface area contributed by atoms with Crippen LogP contribution in [0, 0.1) is 0 Å². The maximum Gasteiger partial charge on any atom is 0.267 e. The van der Waals surface area contributed by atoms with E-state index in [4.69, 9.17) is 16.3 Å². The van der Waals surface area contributed by atoms with E-state index in [2.05, 4.69) is 5.32 Å². The minimum absolute atomic E-state index is 0.139. The number of anilines is 2. The molecule has 7 heteroatoms.